The first kappa shape index (κ1) is 19.9. The summed E-state index contributed by atoms with van der Waals surface area (Å²) in [5, 5.41) is 12.5. The van der Waals surface area contributed by atoms with E-state index in [9.17, 15) is 0 Å². The number of hydrogen-bond donors (Lipinski definition) is 1. The van der Waals surface area contributed by atoms with Crippen LogP contribution in [0, 0.1) is 0 Å². The predicted octanol–water partition coefficient (Wildman–Crippen LogP) is 4.21. The summed E-state index contributed by atoms with van der Waals surface area (Å²) >= 11 is 0. The van der Waals surface area contributed by atoms with Gasteiger partial charge in [0.15, 0.2) is 0 Å². The Morgan fingerprint density at radius 1 is 1.20 bits per heavy atom. The van der Waals surface area contributed by atoms with Crippen LogP contribution in [0.15, 0.2) is 43.0 Å². The fourth-order valence-corrected chi connectivity index (χ4v) is 3.44. The van der Waals surface area contributed by atoms with Crippen molar-refractivity contribution in [2.75, 3.05) is 11.9 Å². The predicted molar refractivity (Wildman–Crippen MR) is 117 cm³/mol. The van der Waals surface area contributed by atoms with E-state index in [1.807, 2.05) is 49.4 Å². The molecule has 0 aliphatic carbocycles. The molecule has 0 aromatic carbocycles. The summed E-state index contributed by atoms with van der Waals surface area (Å²) in [5.74, 6) is 0.583. The molecule has 1 N–H and O–H groups in total. The number of nitrogens with one attached hydrogen (secondary N) is 1. The summed E-state index contributed by atoms with van der Waals surface area (Å²) in [6.45, 7) is 7.48. The topological polar surface area (TPSA) is 82.7 Å². The third-order valence-electron chi connectivity index (χ3n) is 5.13. The Kier molecular flexibility index (Phi) is 5.65. The largest absolute Gasteiger partial charge is 0.477 e. The van der Waals surface area contributed by atoms with Gasteiger partial charge in [0.05, 0.1) is 35.9 Å². The van der Waals surface area contributed by atoms with Gasteiger partial charge in [0.1, 0.15) is 11.0 Å². The average molecular weight is 406 g/mol. The standard InChI is InChI=1S/C22H27N7O/c1-5-15(3)29-21-19(24-11-16-12-25-28(4)14-16)10-18(27-20(21)13-26-29)17-8-7-9-23-22(17)30-6-2/h7-10,12-15H,5-6,11H2,1-4H3,(H,24,27)/t15-/m1/s1. The molecule has 156 valence electrons. The Morgan fingerprint density at radius 3 is 2.80 bits per heavy atom. The van der Waals surface area contributed by atoms with Crippen molar-refractivity contribution in [3.8, 4) is 17.1 Å². The highest BCUT2D eigenvalue weighted by Gasteiger charge is 2.18. The van der Waals surface area contributed by atoms with Gasteiger partial charge >= 0.3 is 0 Å². The van der Waals surface area contributed by atoms with Crippen LogP contribution < -0.4 is 10.1 Å². The number of pyridine rings is 2. The van der Waals surface area contributed by atoms with E-state index < -0.39 is 0 Å². The number of aryl methyl sites for hydroxylation is 1. The van der Waals surface area contributed by atoms with Crippen LogP contribution in [0.2, 0.25) is 0 Å². The number of anilines is 1. The Hall–Kier alpha value is -3.42. The molecule has 0 saturated heterocycles. The van der Waals surface area contributed by atoms with E-state index in [0.717, 1.165) is 40.0 Å². The first-order valence-corrected chi connectivity index (χ1v) is 10.3. The van der Waals surface area contributed by atoms with E-state index in [1.165, 1.54) is 0 Å². The van der Waals surface area contributed by atoms with Crippen molar-refractivity contribution in [1.29, 1.82) is 0 Å². The molecule has 0 aliphatic rings. The van der Waals surface area contributed by atoms with Crippen molar-refractivity contribution in [1.82, 2.24) is 29.5 Å². The monoisotopic (exact) mass is 405 g/mol. The van der Waals surface area contributed by atoms with E-state index in [4.69, 9.17) is 9.72 Å². The molecule has 0 radical (unpaired) electrons. The number of fused-ring (bicyclic) bond motifs is 1. The maximum atomic E-state index is 5.73. The van der Waals surface area contributed by atoms with Crippen LogP contribution in [0.1, 0.15) is 38.8 Å². The molecule has 0 amide bonds. The molecular weight excluding hydrogens is 378 g/mol. The molecule has 1 atom stereocenters. The van der Waals surface area contributed by atoms with Crippen LogP contribution in [0.25, 0.3) is 22.3 Å². The molecule has 30 heavy (non-hydrogen) atoms. The number of ether oxygens (including phenoxy) is 1. The molecule has 0 fully saturated rings. The van der Waals surface area contributed by atoms with Crippen LogP contribution in [0.4, 0.5) is 5.69 Å². The highest BCUT2D eigenvalue weighted by Crippen LogP contribution is 2.33. The van der Waals surface area contributed by atoms with Crippen molar-refractivity contribution in [2.45, 2.75) is 39.8 Å². The van der Waals surface area contributed by atoms with Crippen molar-refractivity contribution < 1.29 is 4.74 Å². The third kappa shape index (κ3) is 3.85. The minimum absolute atomic E-state index is 0.270. The van der Waals surface area contributed by atoms with E-state index >= 15 is 0 Å². The fraction of sp³-hybridized carbons (Fsp3) is 0.364. The van der Waals surface area contributed by atoms with E-state index in [1.54, 1.807) is 10.9 Å². The molecule has 4 heterocycles. The lowest BCUT2D eigenvalue weighted by Gasteiger charge is -2.16. The molecule has 0 bridgehead atoms. The lowest BCUT2D eigenvalue weighted by atomic mass is 10.1. The summed E-state index contributed by atoms with van der Waals surface area (Å²) in [6.07, 6.45) is 8.42. The van der Waals surface area contributed by atoms with Crippen LogP contribution in [0.3, 0.4) is 0 Å². The lowest BCUT2D eigenvalue weighted by molar-refractivity contribution is 0.328. The van der Waals surface area contributed by atoms with Crippen molar-refractivity contribution in [2.24, 2.45) is 7.05 Å². The number of nitrogens with zero attached hydrogens (tertiary/aromatic N) is 6. The highest BCUT2D eigenvalue weighted by molar-refractivity contribution is 5.91. The third-order valence-corrected chi connectivity index (χ3v) is 5.13. The Morgan fingerprint density at radius 2 is 2.07 bits per heavy atom. The Balaban J connectivity index is 1.82. The zero-order valence-electron chi connectivity index (χ0n) is 17.8. The molecule has 4 aromatic rings. The van der Waals surface area contributed by atoms with Crippen molar-refractivity contribution >= 4 is 16.7 Å². The molecule has 0 aliphatic heterocycles. The zero-order valence-corrected chi connectivity index (χ0v) is 17.8. The summed E-state index contributed by atoms with van der Waals surface area (Å²) in [5.41, 5.74) is 5.59. The molecule has 0 spiro atoms. The summed E-state index contributed by atoms with van der Waals surface area (Å²) in [6, 6.07) is 6.20. The van der Waals surface area contributed by atoms with E-state index in [2.05, 4.69) is 40.4 Å². The normalized spacial score (nSPS) is 12.3. The summed E-state index contributed by atoms with van der Waals surface area (Å²) in [7, 11) is 1.92. The molecular formula is C22H27N7O. The molecule has 0 saturated carbocycles. The van der Waals surface area contributed by atoms with Crippen LogP contribution >= 0.6 is 0 Å². The average Bonchev–Trinajstić information content (AvgIpc) is 3.38. The number of aromatic nitrogens is 6. The highest BCUT2D eigenvalue weighted by atomic mass is 16.5. The molecule has 4 rings (SSSR count). The van der Waals surface area contributed by atoms with Crippen LogP contribution in [-0.2, 0) is 13.6 Å². The van der Waals surface area contributed by atoms with Gasteiger partial charge in [-0.3, -0.25) is 9.36 Å². The summed E-state index contributed by atoms with van der Waals surface area (Å²) < 4.78 is 9.58. The van der Waals surface area contributed by atoms with Gasteiger partial charge in [-0.15, -0.1) is 0 Å². The van der Waals surface area contributed by atoms with E-state index in [-0.39, 0.29) is 6.04 Å². The fourth-order valence-electron chi connectivity index (χ4n) is 3.44. The minimum atomic E-state index is 0.270. The Labute approximate surface area is 175 Å². The van der Waals surface area contributed by atoms with Crippen LogP contribution in [0.5, 0.6) is 5.88 Å². The van der Waals surface area contributed by atoms with Gasteiger partial charge in [-0.25, -0.2) is 9.97 Å². The second kappa shape index (κ2) is 8.52. The van der Waals surface area contributed by atoms with Gasteiger partial charge in [0.25, 0.3) is 0 Å². The van der Waals surface area contributed by atoms with Gasteiger partial charge in [-0.1, -0.05) is 6.92 Å². The molecule has 8 nitrogen and oxygen atoms in total. The summed E-state index contributed by atoms with van der Waals surface area (Å²) in [4.78, 5) is 9.27. The lowest BCUT2D eigenvalue weighted by Crippen LogP contribution is -2.08. The smallest absolute Gasteiger partial charge is 0.222 e. The second-order valence-corrected chi connectivity index (χ2v) is 7.30. The van der Waals surface area contributed by atoms with Gasteiger partial charge in [0.2, 0.25) is 5.88 Å². The number of hydrogen-bond acceptors (Lipinski definition) is 6. The molecule has 8 heteroatoms. The maximum Gasteiger partial charge on any atom is 0.222 e. The van der Waals surface area contributed by atoms with Crippen LogP contribution in [-0.4, -0.2) is 36.1 Å². The molecule has 4 aromatic heterocycles. The number of rotatable bonds is 8. The van der Waals surface area contributed by atoms with E-state index in [0.29, 0.717) is 19.0 Å². The minimum Gasteiger partial charge on any atom is -0.477 e. The Bertz CT molecular complexity index is 1150. The maximum absolute atomic E-state index is 5.73. The first-order valence-electron chi connectivity index (χ1n) is 10.3. The SMILES string of the molecule is CCOc1ncccc1-c1cc(NCc2cnn(C)c2)c2c(cnn2[C@H](C)CC)n1. The van der Waals surface area contributed by atoms with Crippen molar-refractivity contribution in [3.05, 3.63) is 48.5 Å². The first-order chi connectivity index (χ1) is 14.6. The van der Waals surface area contributed by atoms with Gasteiger partial charge in [0, 0.05) is 37.6 Å². The van der Waals surface area contributed by atoms with Gasteiger partial charge < -0.3 is 10.1 Å². The zero-order chi connectivity index (χ0) is 21.1. The molecule has 0 unspecified atom stereocenters. The van der Waals surface area contributed by atoms with Crippen molar-refractivity contribution in [3.63, 3.8) is 0 Å². The quantitative estimate of drug-likeness (QED) is 0.473. The second-order valence-electron chi connectivity index (χ2n) is 7.30. The van der Waals surface area contributed by atoms with Gasteiger partial charge in [-0.2, -0.15) is 10.2 Å². The van der Waals surface area contributed by atoms with Gasteiger partial charge in [-0.05, 0) is 38.5 Å².